The molecule has 5 heteroatoms. The first-order chi connectivity index (χ1) is 11.7. The molecule has 24 heavy (non-hydrogen) atoms. The van der Waals surface area contributed by atoms with Crippen LogP contribution >= 0.6 is 0 Å². The summed E-state index contributed by atoms with van der Waals surface area (Å²) in [6.07, 6.45) is 6.12. The Morgan fingerprint density at radius 2 is 2.00 bits per heavy atom. The first-order valence-corrected chi connectivity index (χ1v) is 8.37. The topological polar surface area (TPSA) is 59.5 Å². The molecular weight excluding hydrogens is 304 g/mol. The van der Waals surface area contributed by atoms with Crippen molar-refractivity contribution in [2.24, 2.45) is 0 Å². The van der Waals surface area contributed by atoms with Crippen LogP contribution in [0.25, 0.3) is 10.9 Å². The van der Waals surface area contributed by atoms with Crippen molar-refractivity contribution >= 4 is 22.8 Å². The molecule has 5 nitrogen and oxygen atoms in total. The molecule has 0 atom stereocenters. The molecule has 0 radical (unpaired) electrons. The average Bonchev–Trinajstić information content (AvgIpc) is 3.13. The van der Waals surface area contributed by atoms with Crippen LogP contribution < -0.4 is 0 Å². The van der Waals surface area contributed by atoms with Crippen molar-refractivity contribution in [1.29, 1.82) is 0 Å². The van der Waals surface area contributed by atoms with Gasteiger partial charge in [0.2, 0.25) is 5.91 Å². The van der Waals surface area contributed by atoms with Crippen LogP contribution in [0.5, 0.6) is 0 Å². The number of benzene rings is 1. The van der Waals surface area contributed by atoms with Crippen molar-refractivity contribution in [2.45, 2.75) is 38.1 Å². The molecule has 0 unspecified atom stereocenters. The highest BCUT2D eigenvalue weighted by Crippen LogP contribution is 2.24. The highest BCUT2D eigenvalue weighted by molar-refractivity contribution is 5.85. The summed E-state index contributed by atoms with van der Waals surface area (Å²) in [5.74, 6) is -0.406. The van der Waals surface area contributed by atoms with E-state index in [-0.39, 0.29) is 30.9 Å². The van der Waals surface area contributed by atoms with Gasteiger partial charge in [0.15, 0.2) is 0 Å². The maximum atomic E-state index is 12.8. The van der Waals surface area contributed by atoms with Crippen LogP contribution in [0, 0.1) is 0 Å². The SMILES string of the molecule is COC(=O)CN(C(=O)Cc1cnc2ccccc2c1)C1CCCC1. The van der Waals surface area contributed by atoms with Crippen molar-refractivity contribution in [2.75, 3.05) is 13.7 Å². The van der Waals surface area contributed by atoms with Gasteiger partial charge in [-0.25, -0.2) is 0 Å². The molecule has 2 aromatic rings. The predicted octanol–water partition coefficient (Wildman–Crippen LogP) is 2.72. The van der Waals surface area contributed by atoms with E-state index in [4.69, 9.17) is 4.74 Å². The number of ether oxygens (including phenoxy) is 1. The highest BCUT2D eigenvalue weighted by Gasteiger charge is 2.28. The molecule has 0 spiro atoms. The van der Waals surface area contributed by atoms with Crippen molar-refractivity contribution in [3.8, 4) is 0 Å². The van der Waals surface area contributed by atoms with E-state index in [1.807, 2.05) is 30.3 Å². The molecule has 0 aliphatic heterocycles. The van der Waals surface area contributed by atoms with Gasteiger partial charge in [-0.2, -0.15) is 0 Å². The zero-order valence-electron chi connectivity index (χ0n) is 13.9. The van der Waals surface area contributed by atoms with Crippen LogP contribution in [-0.2, 0) is 20.7 Å². The van der Waals surface area contributed by atoms with Gasteiger partial charge in [0.25, 0.3) is 0 Å². The van der Waals surface area contributed by atoms with E-state index in [2.05, 4.69) is 4.98 Å². The summed E-state index contributed by atoms with van der Waals surface area (Å²) in [5, 5.41) is 1.02. The zero-order valence-corrected chi connectivity index (χ0v) is 13.9. The predicted molar refractivity (Wildman–Crippen MR) is 91.4 cm³/mol. The van der Waals surface area contributed by atoms with Gasteiger partial charge in [0, 0.05) is 17.6 Å². The molecule has 1 aliphatic rings. The minimum atomic E-state index is -0.369. The third kappa shape index (κ3) is 3.72. The summed E-state index contributed by atoms with van der Waals surface area (Å²) in [6, 6.07) is 9.97. The lowest BCUT2D eigenvalue weighted by Gasteiger charge is -2.28. The molecule has 126 valence electrons. The number of methoxy groups -OCH3 is 1. The largest absolute Gasteiger partial charge is 0.468 e. The number of pyridine rings is 1. The van der Waals surface area contributed by atoms with E-state index in [1.165, 1.54) is 7.11 Å². The molecule has 1 fully saturated rings. The second kappa shape index (κ2) is 7.43. The van der Waals surface area contributed by atoms with Gasteiger partial charge < -0.3 is 9.64 Å². The summed E-state index contributed by atoms with van der Waals surface area (Å²) >= 11 is 0. The number of para-hydroxylation sites is 1. The number of rotatable bonds is 5. The Balaban J connectivity index is 1.76. The standard InChI is InChI=1S/C19H22N2O3/c1-24-19(23)13-21(16-7-3-4-8-16)18(22)11-14-10-15-6-2-5-9-17(15)20-12-14/h2,5-6,9-10,12,16H,3-4,7-8,11,13H2,1H3. The number of hydrogen-bond acceptors (Lipinski definition) is 4. The monoisotopic (exact) mass is 326 g/mol. The van der Waals surface area contributed by atoms with E-state index < -0.39 is 0 Å². The van der Waals surface area contributed by atoms with Gasteiger partial charge in [-0.15, -0.1) is 0 Å². The Kier molecular flexibility index (Phi) is 5.08. The number of amides is 1. The number of aromatic nitrogens is 1. The molecule has 1 saturated carbocycles. The smallest absolute Gasteiger partial charge is 0.325 e. The lowest BCUT2D eigenvalue weighted by molar-refractivity contribution is -0.148. The summed E-state index contributed by atoms with van der Waals surface area (Å²) in [6.45, 7) is 0.0288. The fraction of sp³-hybridized carbons (Fsp3) is 0.421. The minimum Gasteiger partial charge on any atom is -0.468 e. The van der Waals surface area contributed by atoms with Crippen LogP contribution in [-0.4, -0.2) is 41.5 Å². The number of esters is 1. The maximum absolute atomic E-state index is 12.8. The quantitative estimate of drug-likeness (QED) is 0.793. The van der Waals surface area contributed by atoms with Gasteiger partial charge in [0.1, 0.15) is 6.54 Å². The molecule has 1 amide bonds. The van der Waals surface area contributed by atoms with Crippen molar-refractivity contribution in [3.05, 3.63) is 42.1 Å². The molecule has 0 bridgehead atoms. The second-order valence-electron chi connectivity index (χ2n) is 6.25. The molecule has 1 aliphatic carbocycles. The summed E-state index contributed by atoms with van der Waals surface area (Å²) < 4.78 is 4.75. The molecule has 0 N–H and O–H groups in total. The van der Waals surface area contributed by atoms with Gasteiger partial charge >= 0.3 is 5.97 Å². The van der Waals surface area contributed by atoms with E-state index in [1.54, 1.807) is 11.1 Å². The third-order valence-corrected chi connectivity index (χ3v) is 4.62. The number of fused-ring (bicyclic) bond motifs is 1. The van der Waals surface area contributed by atoms with Crippen molar-refractivity contribution in [1.82, 2.24) is 9.88 Å². The molecule has 3 rings (SSSR count). The molecule has 1 heterocycles. The number of carbonyl (C=O) groups excluding carboxylic acids is 2. The zero-order chi connectivity index (χ0) is 16.9. The normalized spacial score (nSPS) is 14.7. The Hall–Kier alpha value is -2.43. The van der Waals surface area contributed by atoms with Crippen molar-refractivity contribution in [3.63, 3.8) is 0 Å². The number of hydrogen-bond donors (Lipinski definition) is 0. The van der Waals surface area contributed by atoms with E-state index in [0.717, 1.165) is 42.1 Å². The maximum Gasteiger partial charge on any atom is 0.325 e. The Morgan fingerprint density at radius 3 is 2.75 bits per heavy atom. The summed E-state index contributed by atoms with van der Waals surface area (Å²) in [7, 11) is 1.35. The summed E-state index contributed by atoms with van der Waals surface area (Å²) in [5.41, 5.74) is 1.78. The molecule has 1 aromatic heterocycles. The molecule has 1 aromatic carbocycles. The van der Waals surface area contributed by atoms with E-state index in [9.17, 15) is 9.59 Å². The van der Waals surface area contributed by atoms with Crippen LogP contribution in [0.3, 0.4) is 0 Å². The van der Waals surface area contributed by atoms with Gasteiger partial charge in [-0.05, 0) is 30.5 Å². The van der Waals surface area contributed by atoms with E-state index >= 15 is 0 Å². The van der Waals surface area contributed by atoms with E-state index in [0.29, 0.717) is 0 Å². The second-order valence-corrected chi connectivity index (χ2v) is 6.25. The Morgan fingerprint density at radius 1 is 1.25 bits per heavy atom. The summed E-state index contributed by atoms with van der Waals surface area (Å²) in [4.78, 5) is 30.6. The minimum absolute atomic E-state index is 0.0288. The fourth-order valence-corrected chi connectivity index (χ4v) is 3.33. The molecule has 0 saturated heterocycles. The Labute approximate surface area is 141 Å². The lowest BCUT2D eigenvalue weighted by atomic mass is 10.1. The van der Waals surface area contributed by atoms with Crippen LogP contribution in [0.1, 0.15) is 31.2 Å². The fourth-order valence-electron chi connectivity index (χ4n) is 3.33. The van der Waals surface area contributed by atoms with Crippen LogP contribution in [0.4, 0.5) is 0 Å². The lowest BCUT2D eigenvalue weighted by Crippen LogP contribution is -2.43. The first-order valence-electron chi connectivity index (χ1n) is 8.37. The number of carbonyl (C=O) groups is 2. The van der Waals surface area contributed by atoms with Gasteiger partial charge in [-0.3, -0.25) is 14.6 Å². The van der Waals surface area contributed by atoms with Gasteiger partial charge in [0.05, 0.1) is 19.0 Å². The third-order valence-electron chi connectivity index (χ3n) is 4.62. The van der Waals surface area contributed by atoms with Crippen molar-refractivity contribution < 1.29 is 14.3 Å². The number of nitrogens with zero attached hydrogens (tertiary/aromatic N) is 2. The van der Waals surface area contributed by atoms with Gasteiger partial charge in [-0.1, -0.05) is 31.0 Å². The van der Waals surface area contributed by atoms with Crippen LogP contribution in [0.2, 0.25) is 0 Å². The highest BCUT2D eigenvalue weighted by atomic mass is 16.5. The molecular formula is C19H22N2O3. The Bertz CT molecular complexity index is 738. The first kappa shape index (κ1) is 16.4. The average molecular weight is 326 g/mol. The van der Waals surface area contributed by atoms with Crippen LogP contribution in [0.15, 0.2) is 36.5 Å².